The van der Waals surface area contributed by atoms with E-state index in [1.54, 1.807) is 16.8 Å². The summed E-state index contributed by atoms with van der Waals surface area (Å²) in [5.41, 5.74) is 0.415. The quantitative estimate of drug-likeness (QED) is 0.0375. The molecule has 17 rings (SSSR count). The van der Waals surface area contributed by atoms with Gasteiger partial charge in [-0.05, 0) is 57.8 Å². The Morgan fingerprint density at radius 1 is 0.436 bits per heavy atom. The van der Waals surface area contributed by atoms with Crippen molar-refractivity contribution >= 4 is 105 Å². The van der Waals surface area contributed by atoms with Crippen molar-refractivity contribution in [2.24, 2.45) is 31.8 Å². The molecule has 0 aromatic heterocycles. The van der Waals surface area contributed by atoms with Crippen molar-refractivity contribution in [2.75, 3.05) is 158 Å². The first-order valence-corrected chi connectivity index (χ1v) is 36.5. The van der Waals surface area contributed by atoms with Gasteiger partial charge in [-0.25, -0.2) is 54.3 Å². The number of carbonyl (C=O) groups is 8. The highest BCUT2D eigenvalue weighted by Gasteiger charge is 2.69. The fourth-order valence-corrected chi connectivity index (χ4v) is 16.2. The number of nitrogens with zero attached hydrogens (tertiary/aromatic N) is 10. The van der Waals surface area contributed by atoms with E-state index in [1.807, 2.05) is 6.92 Å². The molecule has 9 aliphatic heterocycles. The Hall–Kier alpha value is -10.3. The van der Waals surface area contributed by atoms with Gasteiger partial charge in [-0.15, -0.1) is 0 Å². The number of hydrogen-bond acceptors (Lipinski definition) is 21. The molecule has 4 aromatic rings. The number of carbonyl (C=O) groups excluding carboxylic acids is 8. The van der Waals surface area contributed by atoms with Gasteiger partial charge in [0.2, 0.25) is 17.7 Å². The molecule has 7 amide bonds. The molecule has 36 heteroatoms. The molecule has 590 valence electrons. The summed E-state index contributed by atoms with van der Waals surface area (Å²) in [7, 11) is 1.73. The molecule has 13 aliphatic rings. The van der Waals surface area contributed by atoms with Gasteiger partial charge in [0, 0.05) is 130 Å². The monoisotopic (exact) mass is 1550 g/mol. The highest BCUT2D eigenvalue weighted by molar-refractivity contribution is 6.01. The van der Waals surface area contributed by atoms with Crippen LogP contribution in [0.1, 0.15) is 85.5 Å². The first-order valence-electron chi connectivity index (χ1n) is 36.5. The molecule has 0 bridgehead atoms. The normalized spacial score (nSPS) is 24.8. The maximum Gasteiger partial charge on any atom is 0.414 e. The van der Waals surface area contributed by atoms with E-state index in [0.29, 0.717) is 64.6 Å². The minimum Gasteiger partial charge on any atom is -0.444 e. The topological polar surface area (TPSA) is 299 Å². The van der Waals surface area contributed by atoms with E-state index in [0.717, 1.165) is 103 Å². The Morgan fingerprint density at radius 2 is 0.745 bits per heavy atom. The molecule has 4 aromatic carbocycles. The number of rotatable bonds is 15. The smallest absolute Gasteiger partial charge is 0.414 e. The zero-order valence-corrected chi connectivity index (χ0v) is 61.0. The third-order valence-corrected chi connectivity index (χ3v) is 22.8. The van der Waals surface area contributed by atoms with E-state index in [2.05, 4.69) is 26.1 Å². The molecule has 0 radical (unpaired) electrons. The van der Waals surface area contributed by atoms with E-state index in [1.165, 1.54) is 52.5 Å². The van der Waals surface area contributed by atoms with Gasteiger partial charge in [-0.3, -0.25) is 43.8 Å². The summed E-state index contributed by atoms with van der Waals surface area (Å²) in [6.07, 6.45) is 2.96. The van der Waals surface area contributed by atoms with Gasteiger partial charge in [-0.2, -0.15) is 0 Å². The average Bonchev–Trinajstić information content (AvgIpc) is 1.44. The predicted molar refractivity (Wildman–Crippen MR) is 380 cm³/mol. The SMILES string of the molecule is CC(=O)NC[C@H]1CN(c2cc(F)c(N3C/C(=N\O)C4(CC4)C3)c(F)c2)C(=O)O1.CC(=O)NC[C@H]1CN(c2cc(F)c(N3CC(=O)C4(CC4)C3)c(F)c2)C(=O)O1.CC(=O)NC[C@H]1CN(c2cc(F)c(N3CC4(CC4)C4(C3)OCCO4)c(F)c2)C(=O)O1.CC[C@H]1CN(c2cc(F)c(N3CC(=NC)C4(CC4)C3)c(F)c2)C(=O)O1. The number of aliphatic imine (C=N–C) groups is 1. The summed E-state index contributed by atoms with van der Waals surface area (Å²) in [4.78, 5) is 109. The second kappa shape index (κ2) is 29.5. The second-order valence-electron chi connectivity index (χ2n) is 30.4. The summed E-state index contributed by atoms with van der Waals surface area (Å²) in [6.45, 7) is 10.5. The summed E-state index contributed by atoms with van der Waals surface area (Å²) >= 11 is 0. The third kappa shape index (κ3) is 14.9. The fourth-order valence-electron chi connectivity index (χ4n) is 16.2. The summed E-state index contributed by atoms with van der Waals surface area (Å²) < 4.78 is 151. The maximum absolute atomic E-state index is 15.0. The molecule has 9 saturated heterocycles. The Kier molecular flexibility index (Phi) is 20.5. The lowest BCUT2D eigenvalue weighted by molar-refractivity contribution is -0.178. The molecule has 110 heavy (non-hydrogen) atoms. The number of anilines is 8. The summed E-state index contributed by atoms with van der Waals surface area (Å²) in [5.74, 6) is -7.63. The molecular weight excluding hydrogens is 1460 g/mol. The Balaban J connectivity index is 0.000000123. The van der Waals surface area contributed by atoms with Crippen molar-refractivity contribution in [1.29, 1.82) is 0 Å². The van der Waals surface area contributed by atoms with E-state index >= 15 is 8.78 Å². The number of ether oxygens (including phenoxy) is 6. The average molecular weight is 1550 g/mol. The van der Waals surface area contributed by atoms with Crippen LogP contribution < -0.4 is 55.1 Å². The Bertz CT molecular complexity index is 4380. The summed E-state index contributed by atoms with van der Waals surface area (Å²) in [5, 5.41) is 20.1. The van der Waals surface area contributed by atoms with Gasteiger partial charge in [-0.1, -0.05) is 12.1 Å². The number of hydrogen-bond donors (Lipinski definition) is 4. The van der Waals surface area contributed by atoms with E-state index in [4.69, 9.17) is 33.6 Å². The minimum absolute atomic E-state index is 0.00225. The van der Waals surface area contributed by atoms with Crippen LogP contribution in [-0.4, -0.2) is 213 Å². The summed E-state index contributed by atoms with van der Waals surface area (Å²) in [6, 6.07) is 9.05. The number of nitrogens with one attached hydrogen (secondary N) is 3. The van der Waals surface area contributed by atoms with Gasteiger partial charge in [0.1, 0.15) is 47.2 Å². The van der Waals surface area contributed by atoms with Gasteiger partial charge in [0.25, 0.3) is 0 Å². The predicted octanol–water partition coefficient (Wildman–Crippen LogP) is 8.59. The van der Waals surface area contributed by atoms with Crippen molar-refractivity contribution in [3.63, 3.8) is 0 Å². The molecule has 4 aliphatic carbocycles. The van der Waals surface area contributed by atoms with E-state index in [9.17, 15) is 64.7 Å². The molecule has 4 saturated carbocycles. The van der Waals surface area contributed by atoms with E-state index in [-0.39, 0.29) is 150 Å². The lowest BCUT2D eigenvalue weighted by Crippen LogP contribution is -2.40. The van der Waals surface area contributed by atoms with Crippen molar-refractivity contribution in [2.45, 2.75) is 116 Å². The molecule has 4 atom stereocenters. The van der Waals surface area contributed by atoms with Crippen LogP contribution in [0.4, 0.5) is 99.8 Å². The molecule has 0 unspecified atom stereocenters. The van der Waals surface area contributed by atoms with E-state index < -0.39 is 100 Å². The lowest BCUT2D eigenvalue weighted by atomic mass is 10.00. The van der Waals surface area contributed by atoms with Crippen LogP contribution in [0, 0.1) is 68.2 Å². The second-order valence-corrected chi connectivity index (χ2v) is 30.4. The van der Waals surface area contributed by atoms with Gasteiger partial charge in [0.05, 0.1) is 114 Å². The van der Waals surface area contributed by atoms with Crippen LogP contribution in [0.3, 0.4) is 0 Å². The van der Waals surface area contributed by atoms with Crippen LogP contribution in [0.5, 0.6) is 0 Å². The van der Waals surface area contributed by atoms with Gasteiger partial charge < -0.3 is 69.2 Å². The van der Waals surface area contributed by atoms with Gasteiger partial charge in [0.15, 0.2) is 58.1 Å². The maximum atomic E-state index is 15.0. The zero-order chi connectivity index (χ0) is 78.3. The van der Waals surface area contributed by atoms with Crippen LogP contribution in [-0.2, 0) is 47.6 Å². The molecule has 5 spiro atoms. The Morgan fingerprint density at radius 3 is 1.03 bits per heavy atom. The molecule has 4 N–H and O–H groups in total. The molecule has 13 fully saturated rings. The fraction of sp³-hybridized carbons (Fsp3) is 0.541. The van der Waals surface area contributed by atoms with Crippen LogP contribution in [0.25, 0.3) is 0 Å². The highest BCUT2D eigenvalue weighted by Crippen LogP contribution is 2.62. The standard InChI is InChI=1S/C20H23F2N3O5.C18H20F2N4O4.C18H19F2N3O4.C18H21F2N3O2/c1-12(26)23-8-14-9-25(18(27)30-14)13-6-15(21)17(16(22)7-13)24-10-19(2-3-19)20(11-24)28-4-5-29-20;1-10(25)21-6-12-7-24(17(26)28-12)11-4-13(19)16(14(20)5-11)23-8-15(22-27)18(9-23)2-3-18;1-10(24)21-6-12-7-23(17(26)27-12)11-4-13(19)16(14(20)5-11)22-8-15(25)18(9-22)2-3-18;1-3-12-8-23(17(24)25-12)11-6-13(19)16(14(20)7-11)22-9-15(21-2)18(10-22)4-5-18/h6-7,14H,2-5,8-11H2,1H3,(H,23,26);4-5,12,27H,2-3,6-9H2,1H3,(H,21,25);4-5,12H,2-3,6-9H2,1H3,(H,21,24);6-7,12H,3-5,8-10H2,1-2H3/b;22-15+;;/t14-;3*12-/m0000/s1. The first kappa shape index (κ1) is 76.5. The van der Waals surface area contributed by atoms with Crippen LogP contribution in [0.2, 0.25) is 0 Å². The number of halogens is 8. The molecular formula is C74H83F8N13O15. The number of ketones is 1. The number of amides is 7. The third-order valence-electron chi connectivity index (χ3n) is 22.8. The van der Waals surface area contributed by atoms with Crippen LogP contribution >= 0.6 is 0 Å². The molecule has 28 nitrogen and oxygen atoms in total. The minimum atomic E-state index is -0.825. The number of oxime groups is 1. The number of Topliss-reactive ketones (excluding diaryl/α,β-unsaturated/α-hetero) is 1. The van der Waals surface area contributed by atoms with Crippen LogP contribution in [0.15, 0.2) is 58.7 Å². The van der Waals surface area contributed by atoms with Gasteiger partial charge >= 0.3 is 24.4 Å². The molecule has 9 heterocycles. The first-order chi connectivity index (χ1) is 52.4. The number of cyclic esters (lactones) is 4. The van der Waals surface area contributed by atoms with Crippen molar-refractivity contribution in [3.8, 4) is 0 Å². The zero-order valence-electron chi connectivity index (χ0n) is 61.0. The van der Waals surface area contributed by atoms with Crippen molar-refractivity contribution in [3.05, 3.63) is 95.1 Å². The Labute approximate surface area is 625 Å². The number of benzene rings is 4. The van der Waals surface area contributed by atoms with Crippen molar-refractivity contribution < 1.29 is 107 Å². The largest absolute Gasteiger partial charge is 0.444 e. The van der Waals surface area contributed by atoms with Crippen molar-refractivity contribution in [1.82, 2.24) is 16.0 Å². The highest BCUT2D eigenvalue weighted by atomic mass is 19.2. The number of fused-ring (bicyclic) bond motifs is 1. The lowest BCUT2D eigenvalue weighted by Gasteiger charge is -2.28.